The fourth-order valence-corrected chi connectivity index (χ4v) is 3.73. The van der Waals surface area contributed by atoms with Crippen LogP contribution in [0.5, 0.6) is 0 Å². The van der Waals surface area contributed by atoms with Crippen LogP contribution in [-0.4, -0.2) is 13.1 Å². The van der Waals surface area contributed by atoms with Crippen LogP contribution in [-0.2, 0) is 9.53 Å². The first kappa shape index (κ1) is 17.0. The topological polar surface area (TPSA) is 26.3 Å². The Balaban J connectivity index is 1.95. The van der Waals surface area contributed by atoms with E-state index in [0.717, 1.165) is 29.3 Å². The Hall–Kier alpha value is -1.87. The number of methoxy groups -OCH3 is 1. The van der Waals surface area contributed by atoms with E-state index in [-0.39, 0.29) is 17.8 Å². The summed E-state index contributed by atoms with van der Waals surface area (Å²) in [4.78, 5) is 12.5. The lowest BCUT2D eigenvalue weighted by atomic mass is 9.77. The molecule has 0 amide bonds. The van der Waals surface area contributed by atoms with E-state index in [1.165, 1.54) is 18.2 Å². The molecule has 0 bridgehead atoms. The van der Waals surface area contributed by atoms with Crippen LogP contribution in [0, 0.1) is 5.92 Å². The van der Waals surface area contributed by atoms with Gasteiger partial charge < -0.3 is 4.74 Å². The molecule has 0 radical (unpaired) electrons. The molecule has 1 aliphatic rings. The lowest BCUT2D eigenvalue weighted by molar-refractivity contribution is -0.143. The van der Waals surface area contributed by atoms with Crippen molar-refractivity contribution < 1.29 is 9.53 Å². The molecule has 3 rings (SSSR count). The van der Waals surface area contributed by atoms with Crippen molar-refractivity contribution in [1.82, 2.24) is 0 Å². The number of hydrogen-bond acceptors (Lipinski definition) is 2. The van der Waals surface area contributed by atoms with E-state index in [9.17, 15) is 4.79 Å². The van der Waals surface area contributed by atoms with Gasteiger partial charge in [-0.3, -0.25) is 4.79 Å². The SMILES string of the molecule is COC(=O)[C@@H](c1ccc(Br)cc1)[C@@H]1C=C(c2ccccc2)CCC1. The lowest BCUT2D eigenvalue weighted by Crippen LogP contribution is -2.23. The highest BCUT2D eigenvalue weighted by Crippen LogP contribution is 2.38. The molecule has 2 aromatic rings. The number of ether oxygens (including phenoxy) is 1. The highest BCUT2D eigenvalue weighted by Gasteiger charge is 2.31. The van der Waals surface area contributed by atoms with Crippen LogP contribution in [0.25, 0.3) is 5.57 Å². The number of hydrogen-bond donors (Lipinski definition) is 0. The van der Waals surface area contributed by atoms with Crippen LogP contribution in [0.2, 0.25) is 0 Å². The van der Waals surface area contributed by atoms with Crippen molar-refractivity contribution in [3.05, 3.63) is 76.3 Å². The predicted molar refractivity (Wildman–Crippen MR) is 101 cm³/mol. The molecular formula is C21H21BrO2. The third-order valence-corrected chi connectivity index (χ3v) is 5.18. The molecule has 1 aliphatic carbocycles. The summed E-state index contributed by atoms with van der Waals surface area (Å²) in [7, 11) is 1.47. The van der Waals surface area contributed by atoms with Crippen molar-refractivity contribution in [3.8, 4) is 0 Å². The van der Waals surface area contributed by atoms with Crippen molar-refractivity contribution in [2.24, 2.45) is 5.92 Å². The molecule has 0 spiro atoms. The summed E-state index contributed by atoms with van der Waals surface area (Å²) in [5.41, 5.74) is 3.60. The Morgan fingerprint density at radius 3 is 2.50 bits per heavy atom. The summed E-state index contributed by atoms with van der Waals surface area (Å²) in [5, 5.41) is 0. The smallest absolute Gasteiger partial charge is 0.313 e. The fraction of sp³-hybridized carbons (Fsp3) is 0.286. The van der Waals surface area contributed by atoms with Gasteiger partial charge in [-0.15, -0.1) is 0 Å². The fourth-order valence-electron chi connectivity index (χ4n) is 3.46. The minimum Gasteiger partial charge on any atom is -0.469 e. The quantitative estimate of drug-likeness (QED) is 0.642. The number of carbonyl (C=O) groups excluding carboxylic acids is 1. The molecule has 2 atom stereocenters. The highest BCUT2D eigenvalue weighted by molar-refractivity contribution is 9.10. The molecule has 0 unspecified atom stereocenters. The molecule has 0 N–H and O–H groups in total. The Kier molecular flexibility index (Phi) is 5.52. The number of benzene rings is 2. The van der Waals surface area contributed by atoms with Gasteiger partial charge >= 0.3 is 5.97 Å². The van der Waals surface area contributed by atoms with Crippen LogP contribution in [0.15, 0.2) is 65.1 Å². The Labute approximate surface area is 151 Å². The maximum Gasteiger partial charge on any atom is 0.313 e. The van der Waals surface area contributed by atoms with Gasteiger partial charge in [0.2, 0.25) is 0 Å². The van der Waals surface area contributed by atoms with E-state index in [1.54, 1.807) is 0 Å². The van der Waals surface area contributed by atoms with Crippen LogP contribution < -0.4 is 0 Å². The summed E-state index contributed by atoms with van der Waals surface area (Å²) < 4.78 is 6.12. The summed E-state index contributed by atoms with van der Waals surface area (Å²) in [6.07, 6.45) is 5.44. The third-order valence-electron chi connectivity index (χ3n) is 4.66. The number of rotatable bonds is 4. The summed E-state index contributed by atoms with van der Waals surface area (Å²) in [6, 6.07) is 18.4. The second-order valence-electron chi connectivity index (χ2n) is 6.17. The molecular weight excluding hydrogens is 364 g/mol. The van der Waals surface area contributed by atoms with Gasteiger partial charge in [-0.2, -0.15) is 0 Å². The van der Waals surface area contributed by atoms with E-state index in [1.807, 2.05) is 30.3 Å². The lowest BCUT2D eigenvalue weighted by Gasteiger charge is -2.28. The predicted octanol–water partition coefficient (Wildman–Crippen LogP) is 5.59. The molecule has 0 fully saturated rings. The third kappa shape index (κ3) is 3.78. The van der Waals surface area contributed by atoms with Gasteiger partial charge in [0.25, 0.3) is 0 Å². The minimum atomic E-state index is -0.248. The molecule has 2 aromatic carbocycles. The Morgan fingerprint density at radius 2 is 1.83 bits per heavy atom. The first-order chi connectivity index (χ1) is 11.7. The molecule has 0 aromatic heterocycles. The van der Waals surface area contributed by atoms with Crippen molar-refractivity contribution in [2.45, 2.75) is 25.2 Å². The van der Waals surface area contributed by atoms with Crippen LogP contribution >= 0.6 is 15.9 Å². The normalized spacial score (nSPS) is 18.6. The summed E-state index contributed by atoms with van der Waals surface area (Å²) in [6.45, 7) is 0. The van der Waals surface area contributed by atoms with Gasteiger partial charge in [-0.05, 0) is 54.0 Å². The van der Waals surface area contributed by atoms with Gasteiger partial charge in [0, 0.05) is 4.47 Å². The van der Waals surface area contributed by atoms with E-state index in [0.29, 0.717) is 0 Å². The zero-order chi connectivity index (χ0) is 16.9. The monoisotopic (exact) mass is 384 g/mol. The maximum absolute atomic E-state index is 12.5. The molecule has 0 aliphatic heterocycles. The van der Waals surface area contributed by atoms with Gasteiger partial charge in [-0.1, -0.05) is 64.5 Å². The Bertz CT molecular complexity index is 719. The Morgan fingerprint density at radius 1 is 1.12 bits per heavy atom. The first-order valence-corrected chi connectivity index (χ1v) is 9.08. The first-order valence-electron chi connectivity index (χ1n) is 8.28. The minimum absolute atomic E-state index is 0.159. The zero-order valence-corrected chi connectivity index (χ0v) is 15.3. The van der Waals surface area contributed by atoms with Gasteiger partial charge in [0.05, 0.1) is 13.0 Å². The molecule has 3 heteroatoms. The molecule has 0 saturated carbocycles. The van der Waals surface area contributed by atoms with Crippen molar-refractivity contribution in [2.75, 3.05) is 7.11 Å². The van der Waals surface area contributed by atoms with Crippen molar-refractivity contribution in [1.29, 1.82) is 0 Å². The summed E-state index contributed by atoms with van der Waals surface area (Å²) >= 11 is 3.46. The van der Waals surface area contributed by atoms with E-state index in [2.05, 4.69) is 46.3 Å². The molecule has 24 heavy (non-hydrogen) atoms. The van der Waals surface area contributed by atoms with Crippen molar-refractivity contribution in [3.63, 3.8) is 0 Å². The largest absolute Gasteiger partial charge is 0.469 e. The highest BCUT2D eigenvalue weighted by atomic mass is 79.9. The second-order valence-corrected chi connectivity index (χ2v) is 7.08. The van der Waals surface area contributed by atoms with E-state index < -0.39 is 0 Å². The zero-order valence-electron chi connectivity index (χ0n) is 13.7. The number of halogens is 1. The van der Waals surface area contributed by atoms with E-state index >= 15 is 0 Å². The average molecular weight is 385 g/mol. The number of esters is 1. The van der Waals surface area contributed by atoms with Gasteiger partial charge in [0.1, 0.15) is 0 Å². The molecule has 0 heterocycles. The number of carbonyl (C=O) groups is 1. The number of allylic oxidation sites excluding steroid dienone is 2. The van der Waals surface area contributed by atoms with Crippen LogP contribution in [0.1, 0.15) is 36.3 Å². The molecule has 2 nitrogen and oxygen atoms in total. The average Bonchev–Trinajstić information content (AvgIpc) is 2.64. The second kappa shape index (κ2) is 7.80. The van der Waals surface area contributed by atoms with Gasteiger partial charge in [-0.25, -0.2) is 0 Å². The van der Waals surface area contributed by atoms with Crippen LogP contribution in [0.3, 0.4) is 0 Å². The summed E-state index contributed by atoms with van der Waals surface area (Å²) in [5.74, 6) is -0.238. The van der Waals surface area contributed by atoms with Gasteiger partial charge in [0.15, 0.2) is 0 Å². The molecule has 0 saturated heterocycles. The maximum atomic E-state index is 12.5. The van der Waals surface area contributed by atoms with E-state index in [4.69, 9.17) is 4.74 Å². The van der Waals surface area contributed by atoms with Crippen molar-refractivity contribution >= 4 is 27.5 Å². The standard InChI is InChI=1S/C21H21BrO2/c1-24-21(23)20(16-10-12-19(22)13-11-16)18-9-5-8-17(14-18)15-6-3-2-4-7-15/h2-4,6-7,10-14,18,20H,5,8-9H2,1H3/t18-,20-/m0/s1. The molecule has 124 valence electrons. The van der Waals surface area contributed by atoms with Crippen LogP contribution in [0.4, 0.5) is 0 Å².